The number of nitrogens with one attached hydrogen (secondary N) is 1. The zero-order chi connectivity index (χ0) is 15.2. The van der Waals surface area contributed by atoms with E-state index in [0.717, 1.165) is 54.8 Å². The van der Waals surface area contributed by atoms with Crippen LogP contribution in [0.25, 0.3) is 0 Å². The lowest BCUT2D eigenvalue weighted by molar-refractivity contribution is -0.131. The van der Waals surface area contributed by atoms with Crippen molar-refractivity contribution in [3.05, 3.63) is 15.9 Å². The molecule has 0 bridgehead atoms. The maximum atomic E-state index is 12.1. The van der Waals surface area contributed by atoms with E-state index in [1.165, 1.54) is 6.42 Å². The van der Waals surface area contributed by atoms with Gasteiger partial charge in [0.1, 0.15) is 0 Å². The van der Waals surface area contributed by atoms with Crippen molar-refractivity contribution < 1.29 is 4.79 Å². The van der Waals surface area contributed by atoms with Crippen LogP contribution in [0.3, 0.4) is 0 Å². The van der Waals surface area contributed by atoms with E-state index in [1.807, 2.05) is 9.58 Å². The van der Waals surface area contributed by atoms with Crippen LogP contribution < -0.4 is 5.32 Å². The van der Waals surface area contributed by atoms with Gasteiger partial charge < -0.3 is 10.2 Å². The van der Waals surface area contributed by atoms with E-state index in [-0.39, 0.29) is 5.91 Å². The first kappa shape index (κ1) is 16.5. The smallest absolute Gasteiger partial charge is 0.236 e. The van der Waals surface area contributed by atoms with Gasteiger partial charge in [-0.25, -0.2) is 0 Å². The third-order valence-corrected chi connectivity index (χ3v) is 4.89. The molecule has 1 amide bonds. The van der Waals surface area contributed by atoms with Crippen molar-refractivity contribution in [2.75, 3.05) is 19.6 Å². The topological polar surface area (TPSA) is 50.2 Å². The fraction of sp³-hybridized carbons (Fsp3) is 0.733. The molecule has 1 aliphatic heterocycles. The van der Waals surface area contributed by atoms with Crippen LogP contribution in [-0.2, 0) is 24.3 Å². The summed E-state index contributed by atoms with van der Waals surface area (Å²) in [6, 6.07) is 0. The van der Waals surface area contributed by atoms with Gasteiger partial charge in [-0.1, -0.05) is 6.92 Å². The van der Waals surface area contributed by atoms with Gasteiger partial charge in [-0.2, -0.15) is 5.10 Å². The van der Waals surface area contributed by atoms with Crippen molar-refractivity contribution in [2.45, 2.75) is 52.6 Å². The highest BCUT2D eigenvalue weighted by Crippen LogP contribution is 2.22. The van der Waals surface area contributed by atoms with Crippen molar-refractivity contribution in [1.29, 1.82) is 0 Å². The van der Waals surface area contributed by atoms with Gasteiger partial charge in [0.25, 0.3) is 0 Å². The summed E-state index contributed by atoms with van der Waals surface area (Å²) < 4.78 is 3.08. The van der Waals surface area contributed by atoms with Crippen LogP contribution in [0.5, 0.6) is 0 Å². The molecule has 1 saturated heterocycles. The summed E-state index contributed by atoms with van der Waals surface area (Å²) in [5.41, 5.74) is 2.21. The fourth-order valence-electron chi connectivity index (χ4n) is 2.73. The van der Waals surface area contributed by atoms with E-state index < -0.39 is 0 Å². The highest BCUT2D eigenvalue weighted by molar-refractivity contribution is 9.10. The molecule has 0 aliphatic carbocycles. The highest BCUT2D eigenvalue weighted by Gasteiger charge is 2.17. The Balaban J connectivity index is 1.88. The molecule has 118 valence electrons. The number of halogens is 1. The lowest BCUT2D eigenvalue weighted by Gasteiger charge is -2.26. The normalized spacial score (nSPS) is 15.5. The molecule has 2 rings (SSSR count). The lowest BCUT2D eigenvalue weighted by atomic mass is 10.1. The molecular formula is C15H25BrN4O. The van der Waals surface area contributed by atoms with Crippen molar-refractivity contribution >= 4 is 21.8 Å². The number of piperidine rings is 1. The maximum absolute atomic E-state index is 12.1. The van der Waals surface area contributed by atoms with Crippen LogP contribution in [0.1, 0.15) is 44.5 Å². The third-order valence-electron chi connectivity index (χ3n) is 3.97. The predicted octanol–water partition coefficient (Wildman–Crippen LogP) is 2.33. The molecule has 2 heterocycles. The highest BCUT2D eigenvalue weighted by atomic mass is 79.9. The first-order valence-corrected chi connectivity index (χ1v) is 8.69. The molecule has 6 heteroatoms. The van der Waals surface area contributed by atoms with Crippen LogP contribution >= 0.6 is 15.9 Å². The van der Waals surface area contributed by atoms with Crippen molar-refractivity contribution in [3.63, 3.8) is 0 Å². The Hall–Kier alpha value is -0.880. The van der Waals surface area contributed by atoms with E-state index in [9.17, 15) is 4.79 Å². The number of amides is 1. The monoisotopic (exact) mass is 356 g/mol. The molecule has 1 N–H and O–H groups in total. The Bertz CT molecular complexity index is 480. The average molecular weight is 357 g/mol. The Kier molecular flexibility index (Phi) is 6.23. The number of nitrogens with zero attached hydrogens (tertiary/aromatic N) is 3. The van der Waals surface area contributed by atoms with Crippen LogP contribution in [0.4, 0.5) is 0 Å². The molecule has 5 nitrogen and oxygen atoms in total. The van der Waals surface area contributed by atoms with Crippen LogP contribution in [0.15, 0.2) is 4.47 Å². The number of likely N-dealkylation sites (tertiary alicyclic amines) is 1. The first-order valence-electron chi connectivity index (χ1n) is 7.89. The molecule has 0 saturated carbocycles. The average Bonchev–Trinajstić information content (AvgIpc) is 2.84. The minimum Gasteiger partial charge on any atom is -0.342 e. The van der Waals surface area contributed by atoms with E-state index in [4.69, 9.17) is 0 Å². The van der Waals surface area contributed by atoms with Gasteiger partial charge in [0.2, 0.25) is 5.91 Å². The van der Waals surface area contributed by atoms with Gasteiger partial charge in [0.05, 0.1) is 22.4 Å². The first-order chi connectivity index (χ1) is 10.2. The van der Waals surface area contributed by atoms with Crippen molar-refractivity contribution in [1.82, 2.24) is 20.0 Å². The fourth-order valence-corrected chi connectivity index (χ4v) is 3.43. The van der Waals surface area contributed by atoms with Crippen molar-refractivity contribution in [2.24, 2.45) is 0 Å². The molecule has 1 aromatic rings. The number of carbonyl (C=O) groups is 1. The molecule has 0 unspecified atom stereocenters. The number of aromatic nitrogens is 2. The summed E-state index contributed by atoms with van der Waals surface area (Å²) in [4.78, 5) is 14.1. The second-order valence-electron chi connectivity index (χ2n) is 5.42. The molecular weight excluding hydrogens is 332 g/mol. The molecule has 0 atom stereocenters. The summed E-state index contributed by atoms with van der Waals surface area (Å²) >= 11 is 3.63. The minimum absolute atomic E-state index is 0.212. The zero-order valence-electron chi connectivity index (χ0n) is 13.0. The lowest BCUT2D eigenvalue weighted by Crippen LogP contribution is -2.41. The summed E-state index contributed by atoms with van der Waals surface area (Å²) in [5.74, 6) is 0.212. The number of hydrogen-bond acceptors (Lipinski definition) is 3. The summed E-state index contributed by atoms with van der Waals surface area (Å²) in [6.07, 6.45) is 4.44. The number of hydrogen-bond donors (Lipinski definition) is 1. The predicted molar refractivity (Wildman–Crippen MR) is 87.1 cm³/mol. The number of aryl methyl sites for hydroxylation is 2. The maximum Gasteiger partial charge on any atom is 0.236 e. The van der Waals surface area contributed by atoms with Gasteiger partial charge in [-0.05, 0) is 48.5 Å². The van der Waals surface area contributed by atoms with Crippen molar-refractivity contribution in [3.8, 4) is 0 Å². The SMILES string of the molecule is CCc1nn(CC)c(CNCC(=O)N2CCCCC2)c1Br. The Labute approximate surface area is 135 Å². The molecule has 1 aromatic heterocycles. The van der Waals surface area contributed by atoms with E-state index in [0.29, 0.717) is 13.1 Å². The molecule has 0 radical (unpaired) electrons. The molecule has 0 aromatic carbocycles. The van der Waals surface area contributed by atoms with E-state index in [1.54, 1.807) is 0 Å². The molecule has 1 fully saturated rings. The number of carbonyl (C=O) groups excluding carboxylic acids is 1. The van der Waals surface area contributed by atoms with Gasteiger partial charge in [-0.3, -0.25) is 9.48 Å². The van der Waals surface area contributed by atoms with Gasteiger partial charge >= 0.3 is 0 Å². The van der Waals surface area contributed by atoms with Crippen LogP contribution in [-0.4, -0.2) is 40.2 Å². The largest absolute Gasteiger partial charge is 0.342 e. The molecule has 0 spiro atoms. The summed E-state index contributed by atoms with van der Waals surface area (Å²) in [6.45, 7) is 7.93. The van der Waals surface area contributed by atoms with Gasteiger partial charge in [-0.15, -0.1) is 0 Å². The third kappa shape index (κ3) is 4.07. The van der Waals surface area contributed by atoms with E-state index in [2.05, 4.69) is 40.2 Å². The molecule has 21 heavy (non-hydrogen) atoms. The van der Waals surface area contributed by atoms with E-state index >= 15 is 0 Å². The van der Waals surface area contributed by atoms with Crippen LogP contribution in [0, 0.1) is 0 Å². The summed E-state index contributed by atoms with van der Waals surface area (Å²) in [7, 11) is 0. The van der Waals surface area contributed by atoms with Gasteiger partial charge in [0.15, 0.2) is 0 Å². The Morgan fingerprint density at radius 2 is 2.00 bits per heavy atom. The quantitative estimate of drug-likeness (QED) is 0.850. The number of rotatable bonds is 6. The minimum atomic E-state index is 0.212. The second-order valence-corrected chi connectivity index (χ2v) is 6.21. The molecule has 1 aliphatic rings. The van der Waals surface area contributed by atoms with Gasteiger partial charge in [0, 0.05) is 26.2 Å². The Morgan fingerprint density at radius 3 is 2.62 bits per heavy atom. The Morgan fingerprint density at radius 1 is 1.29 bits per heavy atom. The standard InChI is InChI=1S/C15H25BrN4O/c1-3-12-15(16)13(20(4-2)18-12)10-17-11-14(21)19-8-6-5-7-9-19/h17H,3-11H2,1-2H3. The summed E-state index contributed by atoms with van der Waals surface area (Å²) in [5, 5.41) is 7.84. The zero-order valence-corrected chi connectivity index (χ0v) is 14.6. The van der Waals surface area contributed by atoms with Crippen LogP contribution in [0.2, 0.25) is 0 Å². The second kappa shape index (κ2) is 7.94.